The van der Waals surface area contributed by atoms with Crippen molar-refractivity contribution in [1.82, 2.24) is 9.38 Å². The van der Waals surface area contributed by atoms with Gasteiger partial charge in [0.1, 0.15) is 5.65 Å². The Labute approximate surface area is 105 Å². The lowest BCUT2D eigenvalue weighted by Gasteiger charge is -1.96. The van der Waals surface area contributed by atoms with E-state index in [1.807, 2.05) is 31.2 Å². The summed E-state index contributed by atoms with van der Waals surface area (Å²) in [5.41, 5.74) is 3.58. The molecule has 0 radical (unpaired) electrons. The molecule has 17 heavy (non-hydrogen) atoms. The molecule has 0 atom stereocenters. The number of benzene rings is 1. The summed E-state index contributed by atoms with van der Waals surface area (Å²) < 4.78 is 25.6. The summed E-state index contributed by atoms with van der Waals surface area (Å²) >= 11 is 0. The highest BCUT2D eigenvalue weighted by molar-refractivity contribution is 5.62. The summed E-state index contributed by atoms with van der Waals surface area (Å²) in [5.74, 6) is 0. The number of pyridine rings is 1. The van der Waals surface area contributed by atoms with E-state index in [4.69, 9.17) is 4.11 Å². The van der Waals surface area contributed by atoms with E-state index in [1.54, 1.807) is 13.0 Å². The normalized spacial score (nSPS) is 13.4. The van der Waals surface area contributed by atoms with Gasteiger partial charge >= 0.3 is 0 Å². The zero-order chi connectivity index (χ0) is 14.4. The first-order chi connectivity index (χ1) is 9.49. The maximum absolute atomic E-state index is 8.24. The van der Waals surface area contributed by atoms with Crippen molar-refractivity contribution in [2.24, 2.45) is 0 Å². The molecule has 0 bridgehead atoms. The van der Waals surface area contributed by atoms with Gasteiger partial charge in [0, 0.05) is 17.9 Å². The molecule has 84 valence electrons. The molecule has 3 aromatic rings. The Kier molecular flexibility index (Phi) is 1.60. The quantitative estimate of drug-likeness (QED) is 0.618. The van der Waals surface area contributed by atoms with Crippen LogP contribution >= 0.6 is 0 Å². The fourth-order valence-corrected chi connectivity index (χ4v) is 1.75. The number of nitrogens with zero attached hydrogens (tertiary/aromatic N) is 2. The van der Waals surface area contributed by atoms with E-state index in [0.717, 1.165) is 11.1 Å². The van der Waals surface area contributed by atoms with Crippen LogP contribution in [0.2, 0.25) is 0 Å². The van der Waals surface area contributed by atoms with Crippen molar-refractivity contribution in [3.05, 3.63) is 59.8 Å². The van der Waals surface area contributed by atoms with Crippen molar-refractivity contribution in [2.45, 2.75) is 13.8 Å². The van der Waals surface area contributed by atoms with Crippen LogP contribution in [-0.4, -0.2) is 9.38 Å². The van der Waals surface area contributed by atoms with Crippen LogP contribution in [0.4, 0.5) is 0 Å². The van der Waals surface area contributed by atoms with Crippen LogP contribution in [0.25, 0.3) is 16.9 Å². The van der Waals surface area contributed by atoms with Crippen molar-refractivity contribution in [3.63, 3.8) is 0 Å². The lowest BCUT2D eigenvalue weighted by molar-refractivity contribution is 1.16. The topological polar surface area (TPSA) is 17.3 Å². The molecule has 0 unspecified atom stereocenters. The summed E-state index contributed by atoms with van der Waals surface area (Å²) in [6.45, 7) is 3.72. The highest BCUT2D eigenvalue weighted by Gasteiger charge is 2.03. The maximum Gasteiger partial charge on any atom is 0.137 e. The number of rotatable bonds is 1. The Hall–Kier alpha value is -2.09. The summed E-state index contributed by atoms with van der Waals surface area (Å²) in [5, 5.41) is 0. The van der Waals surface area contributed by atoms with Gasteiger partial charge in [-0.15, -0.1) is 0 Å². The molecule has 0 saturated heterocycles. The fraction of sp³-hybridized carbons (Fsp3) is 0.133. The molecule has 0 saturated carbocycles. The fourth-order valence-electron chi connectivity index (χ4n) is 1.75. The SMILES string of the molecule is [2H]c1cc2nc(-c3ccc(C)cc3)c([2H])n2c([2H])c1C. The van der Waals surface area contributed by atoms with Crippen LogP contribution in [0, 0.1) is 13.8 Å². The Morgan fingerprint density at radius 3 is 2.53 bits per heavy atom. The molecule has 2 nitrogen and oxygen atoms in total. The first-order valence-corrected chi connectivity index (χ1v) is 5.52. The Bertz CT molecular complexity index is 804. The summed E-state index contributed by atoms with van der Waals surface area (Å²) in [4.78, 5) is 4.41. The molecule has 2 aromatic heterocycles. The standard InChI is InChI=1S/C15H14N2/c1-11-3-6-13(7-4-11)14-10-17-9-12(2)5-8-15(17)16-14/h3-10H,1-2H3/i5D,9D,10D. The number of aryl methyl sites for hydroxylation is 1. The average Bonchev–Trinajstić information content (AvgIpc) is 2.74. The minimum absolute atomic E-state index is 0.156. The van der Waals surface area contributed by atoms with Gasteiger partial charge in [-0.2, -0.15) is 0 Å². The molecule has 0 aliphatic carbocycles. The average molecular weight is 225 g/mol. The molecule has 0 aliphatic heterocycles. The van der Waals surface area contributed by atoms with E-state index in [2.05, 4.69) is 4.98 Å². The first-order valence-electron chi connectivity index (χ1n) is 7.02. The molecule has 0 aliphatic rings. The van der Waals surface area contributed by atoms with Gasteiger partial charge in [-0.05, 0) is 25.5 Å². The van der Waals surface area contributed by atoms with Crippen LogP contribution in [0.1, 0.15) is 15.2 Å². The number of aromatic nitrogens is 2. The molecule has 2 heterocycles. The molecule has 2 heteroatoms. The van der Waals surface area contributed by atoms with Crippen LogP contribution in [-0.2, 0) is 0 Å². The predicted octanol–water partition coefficient (Wildman–Crippen LogP) is 3.62. The third kappa shape index (κ3) is 1.82. The van der Waals surface area contributed by atoms with Gasteiger partial charge in [-0.1, -0.05) is 35.9 Å². The zero-order valence-electron chi connectivity index (χ0n) is 12.8. The monoisotopic (exact) mass is 225 g/mol. The summed E-state index contributed by atoms with van der Waals surface area (Å²) in [7, 11) is 0. The largest absolute Gasteiger partial charge is 0.306 e. The highest BCUT2D eigenvalue weighted by Crippen LogP contribution is 2.19. The van der Waals surface area contributed by atoms with E-state index in [0.29, 0.717) is 16.9 Å². The van der Waals surface area contributed by atoms with E-state index < -0.39 is 0 Å². The van der Waals surface area contributed by atoms with E-state index in [1.165, 1.54) is 4.40 Å². The van der Waals surface area contributed by atoms with Gasteiger partial charge < -0.3 is 4.40 Å². The van der Waals surface area contributed by atoms with Crippen LogP contribution in [0.5, 0.6) is 0 Å². The second-order valence-corrected chi connectivity index (χ2v) is 4.16. The molecule has 3 rings (SSSR count). The lowest BCUT2D eigenvalue weighted by Crippen LogP contribution is -1.82. The number of hydrogen-bond acceptors (Lipinski definition) is 1. The van der Waals surface area contributed by atoms with Gasteiger partial charge in [0.2, 0.25) is 0 Å². The Morgan fingerprint density at radius 1 is 1.00 bits per heavy atom. The molecule has 0 N–H and O–H groups in total. The Morgan fingerprint density at radius 2 is 1.76 bits per heavy atom. The third-order valence-electron chi connectivity index (χ3n) is 2.70. The lowest BCUT2D eigenvalue weighted by atomic mass is 10.1. The molecular weight excluding hydrogens is 208 g/mol. The van der Waals surface area contributed by atoms with Crippen LogP contribution in [0.15, 0.2) is 48.7 Å². The molecule has 0 fully saturated rings. The molecular formula is C15H14N2. The van der Waals surface area contributed by atoms with Crippen molar-refractivity contribution < 1.29 is 4.11 Å². The zero-order valence-corrected chi connectivity index (χ0v) is 9.78. The van der Waals surface area contributed by atoms with Gasteiger partial charge in [0.15, 0.2) is 0 Å². The van der Waals surface area contributed by atoms with E-state index in [9.17, 15) is 0 Å². The van der Waals surface area contributed by atoms with Crippen molar-refractivity contribution >= 4 is 5.65 Å². The van der Waals surface area contributed by atoms with Crippen molar-refractivity contribution in [1.29, 1.82) is 0 Å². The third-order valence-corrected chi connectivity index (χ3v) is 2.70. The second-order valence-electron chi connectivity index (χ2n) is 4.16. The minimum atomic E-state index is 0.156. The van der Waals surface area contributed by atoms with Crippen molar-refractivity contribution in [3.8, 4) is 11.3 Å². The van der Waals surface area contributed by atoms with Crippen LogP contribution < -0.4 is 0 Å². The predicted molar refractivity (Wildman–Crippen MR) is 70.1 cm³/mol. The first kappa shape index (κ1) is 7.28. The van der Waals surface area contributed by atoms with E-state index in [-0.39, 0.29) is 18.4 Å². The van der Waals surface area contributed by atoms with Gasteiger partial charge in [0.25, 0.3) is 0 Å². The summed E-state index contributed by atoms with van der Waals surface area (Å²) in [6.07, 6.45) is 0.348. The highest BCUT2D eigenvalue weighted by atomic mass is 15.0. The van der Waals surface area contributed by atoms with Crippen molar-refractivity contribution in [2.75, 3.05) is 0 Å². The van der Waals surface area contributed by atoms with Gasteiger partial charge in [0.05, 0.1) is 9.81 Å². The van der Waals surface area contributed by atoms with Gasteiger partial charge in [-0.3, -0.25) is 0 Å². The maximum atomic E-state index is 8.24. The van der Waals surface area contributed by atoms with E-state index >= 15 is 0 Å². The molecule has 1 aromatic carbocycles. The Balaban J connectivity index is 2.31. The van der Waals surface area contributed by atoms with Gasteiger partial charge in [-0.25, -0.2) is 4.98 Å². The molecule has 0 amide bonds. The number of imidazole rings is 1. The van der Waals surface area contributed by atoms with Crippen LogP contribution in [0.3, 0.4) is 0 Å². The number of fused-ring (bicyclic) bond motifs is 1. The minimum Gasteiger partial charge on any atom is -0.306 e. The number of hydrogen-bond donors (Lipinski definition) is 0. The molecule has 0 spiro atoms. The smallest absolute Gasteiger partial charge is 0.137 e. The summed E-state index contributed by atoms with van der Waals surface area (Å²) in [6, 6.07) is 9.68. The second kappa shape index (κ2) is 3.74.